The molecule has 3 rings (SSSR count). The first kappa shape index (κ1) is 17.7. The molecule has 6 heteroatoms. The molecule has 1 heterocycles. The third kappa shape index (κ3) is 3.94. The number of carbonyl (C=O) groups is 1. The van der Waals surface area contributed by atoms with E-state index in [1.165, 1.54) is 0 Å². The van der Waals surface area contributed by atoms with Gasteiger partial charge < -0.3 is 19.1 Å². The van der Waals surface area contributed by atoms with Crippen LogP contribution < -0.4 is 4.74 Å². The number of benzene rings is 1. The van der Waals surface area contributed by atoms with Gasteiger partial charge in [0.2, 0.25) is 0 Å². The molecule has 1 amide bonds. The number of rotatable bonds is 5. The van der Waals surface area contributed by atoms with E-state index >= 15 is 0 Å². The van der Waals surface area contributed by atoms with E-state index in [2.05, 4.69) is 6.07 Å². The molecule has 0 radical (unpaired) electrons. The fourth-order valence-corrected chi connectivity index (χ4v) is 3.88. The van der Waals surface area contributed by atoms with E-state index < -0.39 is 0 Å². The second-order valence-corrected chi connectivity index (χ2v) is 6.49. The molecule has 25 heavy (non-hydrogen) atoms. The summed E-state index contributed by atoms with van der Waals surface area (Å²) in [7, 11) is 1.74. The Labute approximate surface area is 148 Å². The number of para-hydroxylation sites is 1. The Balaban J connectivity index is 1.66. The lowest BCUT2D eigenvalue weighted by Crippen LogP contribution is -2.54. The Hall–Kier alpha value is -2.10. The maximum atomic E-state index is 12.8. The predicted octanol–water partition coefficient (Wildman–Crippen LogP) is 1.98. The van der Waals surface area contributed by atoms with Crippen LogP contribution in [-0.2, 0) is 14.3 Å². The molecular weight excluding hydrogens is 320 g/mol. The van der Waals surface area contributed by atoms with Crippen LogP contribution in [0.2, 0.25) is 0 Å². The zero-order valence-electron chi connectivity index (χ0n) is 14.5. The molecule has 0 spiro atoms. The van der Waals surface area contributed by atoms with Gasteiger partial charge in [-0.25, -0.2) is 0 Å². The molecule has 0 N–H and O–H groups in total. The maximum Gasteiger partial charge on any atom is 0.260 e. The van der Waals surface area contributed by atoms with Crippen LogP contribution in [0.1, 0.15) is 24.8 Å². The van der Waals surface area contributed by atoms with Crippen molar-refractivity contribution in [2.75, 3.05) is 33.5 Å². The molecule has 1 aliphatic carbocycles. The number of nitriles is 1. The highest BCUT2D eigenvalue weighted by Crippen LogP contribution is 2.34. The fourth-order valence-electron chi connectivity index (χ4n) is 3.88. The van der Waals surface area contributed by atoms with Crippen LogP contribution in [0.5, 0.6) is 5.75 Å². The van der Waals surface area contributed by atoms with E-state index in [0.717, 1.165) is 19.3 Å². The highest BCUT2D eigenvalue weighted by molar-refractivity contribution is 5.78. The molecule has 1 aliphatic heterocycles. The van der Waals surface area contributed by atoms with Crippen LogP contribution in [0.25, 0.3) is 0 Å². The minimum absolute atomic E-state index is 0.0310. The number of carbonyl (C=O) groups excluding carboxylic acids is 1. The van der Waals surface area contributed by atoms with E-state index in [4.69, 9.17) is 19.5 Å². The Kier molecular flexibility index (Phi) is 5.90. The molecule has 134 valence electrons. The number of amides is 1. The number of nitrogens with zero attached hydrogens (tertiary/aromatic N) is 2. The zero-order chi connectivity index (χ0) is 17.6. The topological polar surface area (TPSA) is 71.8 Å². The largest absolute Gasteiger partial charge is 0.482 e. The summed E-state index contributed by atoms with van der Waals surface area (Å²) in [6.45, 7) is 1.59. The summed E-state index contributed by atoms with van der Waals surface area (Å²) in [4.78, 5) is 14.6. The van der Waals surface area contributed by atoms with Gasteiger partial charge in [-0.15, -0.1) is 0 Å². The van der Waals surface area contributed by atoms with Gasteiger partial charge in [0.25, 0.3) is 5.91 Å². The van der Waals surface area contributed by atoms with Crippen molar-refractivity contribution < 1.29 is 19.0 Å². The molecule has 3 atom stereocenters. The number of hydrogen-bond donors (Lipinski definition) is 0. The lowest BCUT2D eigenvalue weighted by molar-refractivity contribution is -0.146. The third-order valence-electron chi connectivity index (χ3n) is 5.15. The van der Waals surface area contributed by atoms with E-state index in [9.17, 15) is 4.79 Å². The summed E-state index contributed by atoms with van der Waals surface area (Å²) < 4.78 is 16.9. The van der Waals surface area contributed by atoms with E-state index in [1.54, 1.807) is 31.4 Å². The van der Waals surface area contributed by atoms with Crippen LogP contribution in [-0.4, -0.2) is 56.4 Å². The van der Waals surface area contributed by atoms with Crippen molar-refractivity contribution in [2.24, 2.45) is 5.92 Å². The van der Waals surface area contributed by atoms with Gasteiger partial charge in [0.15, 0.2) is 6.61 Å². The number of ether oxygens (including phenoxy) is 3. The van der Waals surface area contributed by atoms with Crippen LogP contribution in [0, 0.1) is 17.2 Å². The van der Waals surface area contributed by atoms with Crippen LogP contribution in [0.3, 0.4) is 0 Å². The standard InChI is InChI=1S/C19H24N2O4/c1-23-18-8-4-6-15(18)16-12-24-10-9-21(16)19(22)13-25-17-7-3-2-5-14(17)11-20/h2-3,5,7,15-16,18H,4,6,8-10,12-13H2,1H3. The molecule has 1 saturated heterocycles. The van der Waals surface area contributed by atoms with Crippen LogP contribution in [0.4, 0.5) is 0 Å². The van der Waals surface area contributed by atoms with Gasteiger partial charge in [-0.05, 0) is 25.0 Å². The van der Waals surface area contributed by atoms with Crippen molar-refractivity contribution in [3.8, 4) is 11.8 Å². The number of hydrogen-bond acceptors (Lipinski definition) is 5. The average Bonchev–Trinajstić information content (AvgIpc) is 3.15. The normalized spacial score (nSPS) is 26.2. The SMILES string of the molecule is COC1CCCC1C1COCCN1C(=O)COc1ccccc1C#N. The fraction of sp³-hybridized carbons (Fsp3) is 0.579. The molecule has 2 aliphatic rings. The van der Waals surface area contributed by atoms with E-state index in [0.29, 0.717) is 37.0 Å². The average molecular weight is 344 g/mol. The van der Waals surface area contributed by atoms with Gasteiger partial charge in [0.1, 0.15) is 11.8 Å². The minimum atomic E-state index is -0.0699. The Morgan fingerprint density at radius 3 is 3.04 bits per heavy atom. The third-order valence-corrected chi connectivity index (χ3v) is 5.15. The highest BCUT2D eigenvalue weighted by atomic mass is 16.5. The first-order valence-electron chi connectivity index (χ1n) is 8.76. The zero-order valence-corrected chi connectivity index (χ0v) is 14.5. The Morgan fingerprint density at radius 2 is 2.24 bits per heavy atom. The molecular formula is C19H24N2O4. The van der Waals surface area contributed by atoms with Crippen molar-refractivity contribution >= 4 is 5.91 Å². The van der Waals surface area contributed by atoms with Crippen molar-refractivity contribution in [2.45, 2.75) is 31.4 Å². The van der Waals surface area contributed by atoms with Gasteiger partial charge in [-0.3, -0.25) is 4.79 Å². The van der Waals surface area contributed by atoms with Gasteiger partial charge in [0, 0.05) is 19.6 Å². The van der Waals surface area contributed by atoms with Gasteiger partial charge in [0.05, 0.1) is 30.9 Å². The molecule has 6 nitrogen and oxygen atoms in total. The molecule has 1 aromatic carbocycles. The van der Waals surface area contributed by atoms with Gasteiger partial charge >= 0.3 is 0 Å². The summed E-state index contributed by atoms with van der Waals surface area (Å²) in [5.74, 6) is 0.683. The monoisotopic (exact) mass is 344 g/mol. The molecule has 2 fully saturated rings. The second kappa shape index (κ2) is 8.32. The first-order chi connectivity index (χ1) is 12.2. The molecule has 3 unspecified atom stereocenters. The summed E-state index contributed by atoms with van der Waals surface area (Å²) in [6, 6.07) is 9.06. The van der Waals surface area contributed by atoms with Gasteiger partial charge in [-0.2, -0.15) is 5.26 Å². The Morgan fingerprint density at radius 1 is 1.40 bits per heavy atom. The van der Waals surface area contributed by atoms with Crippen molar-refractivity contribution in [1.29, 1.82) is 5.26 Å². The smallest absolute Gasteiger partial charge is 0.260 e. The van der Waals surface area contributed by atoms with Crippen molar-refractivity contribution in [1.82, 2.24) is 4.90 Å². The highest BCUT2D eigenvalue weighted by Gasteiger charge is 2.40. The quantitative estimate of drug-likeness (QED) is 0.817. The Bertz CT molecular complexity index is 643. The summed E-state index contributed by atoms with van der Waals surface area (Å²) in [5, 5.41) is 9.12. The van der Waals surface area contributed by atoms with Crippen molar-refractivity contribution in [3.05, 3.63) is 29.8 Å². The van der Waals surface area contributed by atoms with Crippen molar-refractivity contribution in [3.63, 3.8) is 0 Å². The number of methoxy groups -OCH3 is 1. The lowest BCUT2D eigenvalue weighted by atomic mass is 9.94. The van der Waals surface area contributed by atoms with Gasteiger partial charge in [-0.1, -0.05) is 18.6 Å². The molecule has 1 aromatic rings. The van der Waals surface area contributed by atoms with E-state index in [-0.39, 0.29) is 24.7 Å². The molecule has 0 aromatic heterocycles. The van der Waals surface area contributed by atoms with Crippen LogP contribution >= 0.6 is 0 Å². The first-order valence-corrected chi connectivity index (χ1v) is 8.76. The number of morpholine rings is 1. The second-order valence-electron chi connectivity index (χ2n) is 6.49. The summed E-state index contributed by atoms with van der Waals surface area (Å²) in [5.41, 5.74) is 0.434. The minimum Gasteiger partial charge on any atom is -0.482 e. The maximum absolute atomic E-state index is 12.8. The summed E-state index contributed by atoms with van der Waals surface area (Å²) in [6.07, 6.45) is 3.38. The van der Waals surface area contributed by atoms with Crippen LogP contribution in [0.15, 0.2) is 24.3 Å². The van der Waals surface area contributed by atoms with E-state index in [1.807, 2.05) is 4.90 Å². The summed E-state index contributed by atoms with van der Waals surface area (Å²) >= 11 is 0. The lowest BCUT2D eigenvalue weighted by Gasteiger charge is -2.40. The predicted molar refractivity (Wildman–Crippen MR) is 91.1 cm³/mol. The molecule has 0 bridgehead atoms. The molecule has 1 saturated carbocycles.